The Bertz CT molecular complexity index is 967. The number of hydrogen-bond acceptors (Lipinski definition) is 4. The highest BCUT2D eigenvalue weighted by molar-refractivity contribution is 5.99. The van der Waals surface area contributed by atoms with Crippen LogP contribution >= 0.6 is 0 Å². The summed E-state index contributed by atoms with van der Waals surface area (Å²) in [5, 5.41) is 3.36. The number of rotatable bonds is 3. The van der Waals surface area contributed by atoms with Gasteiger partial charge in [0.15, 0.2) is 0 Å². The minimum atomic E-state index is -4.70. The summed E-state index contributed by atoms with van der Waals surface area (Å²) in [4.78, 5) is 17.7. The third-order valence-corrected chi connectivity index (χ3v) is 4.13. The number of nitrogens with zero attached hydrogens (tertiary/aromatic N) is 3. The molecule has 1 aliphatic heterocycles. The molecule has 132 valence electrons. The molecule has 2 aromatic carbocycles. The number of hydrogen-bond donors (Lipinski definition) is 0. The molecule has 8 heteroatoms. The second-order valence-corrected chi connectivity index (χ2v) is 5.94. The van der Waals surface area contributed by atoms with Crippen molar-refractivity contribution in [1.29, 1.82) is 0 Å². The van der Waals surface area contributed by atoms with Gasteiger partial charge >= 0.3 is 12.1 Å². The Labute approximate surface area is 146 Å². The van der Waals surface area contributed by atoms with Crippen LogP contribution in [0.4, 0.5) is 13.2 Å². The normalized spacial score (nSPS) is 14.0. The lowest BCUT2D eigenvalue weighted by Gasteiger charge is -2.15. The van der Waals surface area contributed by atoms with Crippen molar-refractivity contribution in [3.05, 3.63) is 71.1 Å². The summed E-state index contributed by atoms with van der Waals surface area (Å²) >= 11 is 0. The zero-order chi connectivity index (χ0) is 18.3. The molecule has 4 rings (SSSR count). The van der Waals surface area contributed by atoms with Gasteiger partial charge in [-0.25, -0.2) is 0 Å². The monoisotopic (exact) mass is 359 g/mol. The fourth-order valence-electron chi connectivity index (χ4n) is 2.89. The van der Waals surface area contributed by atoms with Crippen LogP contribution in [-0.2, 0) is 19.3 Å². The second-order valence-electron chi connectivity index (χ2n) is 5.94. The lowest BCUT2D eigenvalue weighted by Crippen LogP contribution is -2.23. The van der Waals surface area contributed by atoms with Crippen LogP contribution in [0.2, 0.25) is 0 Å². The molecule has 0 spiro atoms. The van der Waals surface area contributed by atoms with Crippen molar-refractivity contribution in [2.75, 3.05) is 0 Å². The fourth-order valence-corrected chi connectivity index (χ4v) is 2.89. The molecule has 0 bridgehead atoms. The van der Waals surface area contributed by atoms with E-state index in [1.807, 2.05) is 30.3 Å². The van der Waals surface area contributed by atoms with Crippen molar-refractivity contribution in [2.45, 2.75) is 19.3 Å². The summed E-state index contributed by atoms with van der Waals surface area (Å²) in [6.07, 6.45) is -4.70. The number of aromatic nitrogens is 2. The number of amides is 1. The molecule has 26 heavy (non-hydrogen) atoms. The molecule has 0 saturated carbocycles. The molecule has 3 aromatic rings. The van der Waals surface area contributed by atoms with Gasteiger partial charge in [-0.05, 0) is 17.2 Å². The number of fused-ring (bicyclic) bond motifs is 1. The van der Waals surface area contributed by atoms with Crippen LogP contribution in [0.25, 0.3) is 11.4 Å². The maximum atomic E-state index is 12.6. The Morgan fingerprint density at radius 3 is 2.58 bits per heavy atom. The van der Waals surface area contributed by atoms with Gasteiger partial charge in [-0.15, -0.1) is 0 Å². The van der Waals surface area contributed by atoms with Gasteiger partial charge in [0.05, 0.1) is 0 Å². The number of carbonyl (C=O) groups is 1. The van der Waals surface area contributed by atoms with Crippen LogP contribution < -0.4 is 0 Å². The molecule has 0 aliphatic carbocycles. The van der Waals surface area contributed by atoms with Gasteiger partial charge in [0.1, 0.15) is 0 Å². The van der Waals surface area contributed by atoms with Crippen molar-refractivity contribution in [1.82, 2.24) is 15.0 Å². The first-order valence-corrected chi connectivity index (χ1v) is 7.79. The molecule has 0 unspecified atom stereocenters. The van der Waals surface area contributed by atoms with Gasteiger partial charge in [0.2, 0.25) is 5.82 Å². The lowest BCUT2D eigenvalue weighted by atomic mass is 10.1. The van der Waals surface area contributed by atoms with Crippen LogP contribution in [0.3, 0.4) is 0 Å². The van der Waals surface area contributed by atoms with E-state index in [1.54, 1.807) is 17.0 Å². The predicted molar refractivity (Wildman–Crippen MR) is 84.8 cm³/mol. The number of halogens is 3. The summed E-state index contributed by atoms with van der Waals surface area (Å²) in [5.41, 5.74) is 2.56. The quantitative estimate of drug-likeness (QED) is 0.711. The summed E-state index contributed by atoms with van der Waals surface area (Å²) < 4.78 is 42.0. The molecule has 1 amide bonds. The topological polar surface area (TPSA) is 59.2 Å². The van der Waals surface area contributed by atoms with Gasteiger partial charge in [-0.3, -0.25) is 4.79 Å². The zero-order valence-electron chi connectivity index (χ0n) is 13.3. The molecule has 0 radical (unpaired) electrons. The average Bonchev–Trinajstić information content (AvgIpc) is 3.22. The maximum absolute atomic E-state index is 12.6. The van der Waals surface area contributed by atoms with Gasteiger partial charge in [-0.1, -0.05) is 47.6 Å². The molecule has 0 saturated heterocycles. The first kappa shape index (κ1) is 16.3. The molecular weight excluding hydrogens is 347 g/mol. The maximum Gasteiger partial charge on any atom is 0.471 e. The van der Waals surface area contributed by atoms with Crippen LogP contribution in [-0.4, -0.2) is 20.9 Å². The van der Waals surface area contributed by atoms with Crippen LogP contribution in [0.5, 0.6) is 0 Å². The Kier molecular flexibility index (Phi) is 3.75. The summed E-state index contributed by atoms with van der Waals surface area (Å²) in [6.45, 7) is 0.910. The van der Waals surface area contributed by atoms with Crippen molar-refractivity contribution in [2.24, 2.45) is 0 Å². The smallest absolute Gasteiger partial charge is 0.330 e. The van der Waals surface area contributed by atoms with E-state index in [9.17, 15) is 18.0 Å². The van der Waals surface area contributed by atoms with E-state index < -0.39 is 12.1 Å². The van der Waals surface area contributed by atoms with Crippen molar-refractivity contribution in [3.63, 3.8) is 0 Å². The minimum absolute atomic E-state index is 0.176. The minimum Gasteiger partial charge on any atom is -0.330 e. The molecule has 0 N–H and O–H groups in total. The summed E-state index contributed by atoms with van der Waals surface area (Å²) in [7, 11) is 0. The van der Waals surface area contributed by atoms with E-state index in [4.69, 9.17) is 0 Å². The van der Waals surface area contributed by atoms with Crippen LogP contribution in [0, 0.1) is 0 Å². The largest absolute Gasteiger partial charge is 0.471 e. The van der Waals surface area contributed by atoms with Crippen molar-refractivity contribution in [3.8, 4) is 11.4 Å². The van der Waals surface area contributed by atoms with E-state index in [-0.39, 0.29) is 11.7 Å². The van der Waals surface area contributed by atoms with E-state index >= 15 is 0 Å². The van der Waals surface area contributed by atoms with Crippen LogP contribution in [0.1, 0.15) is 27.4 Å². The van der Waals surface area contributed by atoms with Gasteiger partial charge in [-0.2, -0.15) is 18.2 Å². The second kappa shape index (κ2) is 5.98. The van der Waals surface area contributed by atoms with Crippen molar-refractivity contribution < 1.29 is 22.5 Å². The summed E-state index contributed by atoms with van der Waals surface area (Å²) in [5.74, 6) is -1.79. The van der Waals surface area contributed by atoms with E-state index in [2.05, 4.69) is 14.7 Å². The Morgan fingerprint density at radius 1 is 1.12 bits per heavy atom. The molecule has 0 fully saturated rings. The number of benzene rings is 2. The van der Waals surface area contributed by atoms with E-state index in [1.165, 1.54) is 6.07 Å². The Balaban J connectivity index is 1.59. The highest BCUT2D eigenvalue weighted by Gasteiger charge is 2.38. The third kappa shape index (κ3) is 2.94. The highest BCUT2D eigenvalue weighted by atomic mass is 19.4. The van der Waals surface area contributed by atoms with E-state index in [0.29, 0.717) is 24.2 Å². The van der Waals surface area contributed by atoms with Gasteiger partial charge < -0.3 is 9.42 Å². The van der Waals surface area contributed by atoms with E-state index in [0.717, 1.165) is 11.1 Å². The Morgan fingerprint density at radius 2 is 1.88 bits per heavy atom. The fraction of sp³-hybridized carbons (Fsp3) is 0.167. The van der Waals surface area contributed by atoms with Gasteiger partial charge in [0.25, 0.3) is 5.91 Å². The number of carbonyl (C=O) groups excluding carboxylic acids is 1. The molecule has 1 aromatic heterocycles. The SMILES string of the molecule is O=C1c2cc(-c3noc(C(F)(F)F)n3)ccc2CN1Cc1ccccc1. The average molecular weight is 359 g/mol. The first-order chi connectivity index (χ1) is 12.4. The summed E-state index contributed by atoms with van der Waals surface area (Å²) in [6, 6.07) is 14.4. The predicted octanol–water partition coefficient (Wildman–Crippen LogP) is 3.91. The molecule has 2 heterocycles. The molecule has 1 aliphatic rings. The third-order valence-electron chi connectivity index (χ3n) is 4.13. The standard InChI is InChI=1S/C18H12F3N3O2/c19-18(20,21)17-22-15(23-26-17)12-6-7-13-10-24(16(25)14(13)8-12)9-11-4-2-1-3-5-11/h1-8H,9-10H2. The molecule has 5 nitrogen and oxygen atoms in total. The Hall–Kier alpha value is -3.16. The number of alkyl halides is 3. The molecule has 0 atom stereocenters. The van der Waals surface area contributed by atoms with Gasteiger partial charge in [0, 0.05) is 24.2 Å². The van der Waals surface area contributed by atoms with Crippen molar-refractivity contribution >= 4 is 5.91 Å². The first-order valence-electron chi connectivity index (χ1n) is 7.79. The lowest BCUT2D eigenvalue weighted by molar-refractivity contribution is -0.159. The zero-order valence-corrected chi connectivity index (χ0v) is 13.3. The van der Waals surface area contributed by atoms with Crippen LogP contribution in [0.15, 0.2) is 53.1 Å². The molecular formula is C18H12F3N3O2. The highest BCUT2D eigenvalue weighted by Crippen LogP contribution is 2.31.